The van der Waals surface area contributed by atoms with Crippen molar-refractivity contribution in [1.29, 1.82) is 0 Å². The number of nitrogens with one attached hydrogen (secondary N) is 1. The molecule has 0 spiro atoms. The maximum Gasteiger partial charge on any atom is 0.257 e. The molecule has 0 bridgehead atoms. The number of ether oxygens (including phenoxy) is 2. The number of anilines is 1. The third kappa shape index (κ3) is 3.37. The molecule has 2 aromatic rings. The fourth-order valence-electron chi connectivity index (χ4n) is 2.09. The maximum atomic E-state index is 12.1. The molecule has 0 aromatic carbocycles. The Morgan fingerprint density at radius 3 is 3.05 bits per heavy atom. The van der Waals surface area contributed by atoms with Crippen molar-refractivity contribution < 1.29 is 14.3 Å². The van der Waals surface area contributed by atoms with Gasteiger partial charge in [-0.3, -0.25) is 9.48 Å². The van der Waals surface area contributed by atoms with Crippen LogP contribution in [0.3, 0.4) is 0 Å². The third-order valence-corrected chi connectivity index (χ3v) is 3.47. The standard InChI is InChI=1S/C14H15ClN4O3/c1-19-7-10(6-17-19)18-13(20)9-4-12(15)14(16-5-9)22-11-2-3-21-8-11/h4-7,11H,2-3,8H2,1H3,(H,18,20). The molecular formula is C14H15ClN4O3. The number of amides is 1. The van der Waals surface area contributed by atoms with Gasteiger partial charge in [0.25, 0.3) is 5.91 Å². The molecule has 0 radical (unpaired) electrons. The molecule has 1 N–H and O–H groups in total. The number of carbonyl (C=O) groups excluding carboxylic acids is 1. The molecule has 116 valence electrons. The van der Waals surface area contributed by atoms with Gasteiger partial charge in [0.05, 0.1) is 30.7 Å². The summed E-state index contributed by atoms with van der Waals surface area (Å²) in [5.41, 5.74) is 0.955. The average Bonchev–Trinajstić information content (AvgIpc) is 3.13. The Bertz CT molecular complexity index is 682. The predicted octanol–water partition coefficient (Wildman–Crippen LogP) is 1.89. The third-order valence-electron chi connectivity index (χ3n) is 3.20. The predicted molar refractivity (Wildman–Crippen MR) is 80.3 cm³/mol. The molecule has 1 atom stereocenters. The first-order valence-electron chi connectivity index (χ1n) is 6.82. The van der Waals surface area contributed by atoms with Crippen molar-refractivity contribution in [2.45, 2.75) is 12.5 Å². The van der Waals surface area contributed by atoms with Gasteiger partial charge in [-0.2, -0.15) is 5.10 Å². The van der Waals surface area contributed by atoms with Crippen molar-refractivity contribution in [3.8, 4) is 5.88 Å². The molecule has 1 aliphatic rings. The highest BCUT2D eigenvalue weighted by Crippen LogP contribution is 2.25. The first-order chi connectivity index (χ1) is 10.6. The van der Waals surface area contributed by atoms with Crippen LogP contribution in [0.2, 0.25) is 5.02 Å². The molecule has 1 aliphatic heterocycles. The average molecular weight is 323 g/mol. The smallest absolute Gasteiger partial charge is 0.257 e. The number of aryl methyl sites for hydroxylation is 1. The van der Waals surface area contributed by atoms with Crippen LogP contribution in [0.5, 0.6) is 5.88 Å². The summed E-state index contributed by atoms with van der Waals surface area (Å²) in [6.45, 7) is 1.20. The lowest BCUT2D eigenvalue weighted by Gasteiger charge is -2.12. The van der Waals surface area contributed by atoms with Crippen molar-refractivity contribution in [3.05, 3.63) is 35.2 Å². The molecule has 8 heteroatoms. The summed E-state index contributed by atoms with van der Waals surface area (Å²) < 4.78 is 12.5. The van der Waals surface area contributed by atoms with Crippen LogP contribution in [-0.2, 0) is 11.8 Å². The van der Waals surface area contributed by atoms with Crippen molar-refractivity contribution in [1.82, 2.24) is 14.8 Å². The van der Waals surface area contributed by atoms with E-state index in [2.05, 4.69) is 15.4 Å². The van der Waals surface area contributed by atoms with Crippen LogP contribution in [0.15, 0.2) is 24.7 Å². The van der Waals surface area contributed by atoms with Crippen LogP contribution >= 0.6 is 11.6 Å². The van der Waals surface area contributed by atoms with E-state index in [1.165, 1.54) is 12.3 Å². The van der Waals surface area contributed by atoms with Gasteiger partial charge in [-0.25, -0.2) is 4.98 Å². The second-order valence-electron chi connectivity index (χ2n) is 4.97. The highest BCUT2D eigenvalue weighted by atomic mass is 35.5. The number of hydrogen-bond donors (Lipinski definition) is 1. The summed E-state index contributed by atoms with van der Waals surface area (Å²) in [6, 6.07) is 1.53. The number of rotatable bonds is 4. The molecule has 0 aliphatic carbocycles. The molecule has 22 heavy (non-hydrogen) atoms. The quantitative estimate of drug-likeness (QED) is 0.930. The van der Waals surface area contributed by atoms with Crippen molar-refractivity contribution in [3.63, 3.8) is 0 Å². The van der Waals surface area contributed by atoms with Crippen molar-refractivity contribution >= 4 is 23.2 Å². The fraction of sp³-hybridized carbons (Fsp3) is 0.357. The van der Waals surface area contributed by atoms with Crippen LogP contribution < -0.4 is 10.1 Å². The summed E-state index contributed by atoms with van der Waals surface area (Å²) in [5, 5.41) is 6.99. The Kier molecular flexibility index (Phi) is 4.26. The minimum Gasteiger partial charge on any atom is -0.471 e. The zero-order chi connectivity index (χ0) is 15.5. The normalized spacial score (nSPS) is 17.5. The summed E-state index contributed by atoms with van der Waals surface area (Å²) >= 11 is 6.13. The topological polar surface area (TPSA) is 78.3 Å². The maximum absolute atomic E-state index is 12.1. The van der Waals surface area contributed by atoms with E-state index in [-0.39, 0.29) is 12.0 Å². The minimum absolute atomic E-state index is 0.0416. The lowest BCUT2D eigenvalue weighted by Crippen LogP contribution is -2.17. The van der Waals surface area contributed by atoms with E-state index in [4.69, 9.17) is 21.1 Å². The summed E-state index contributed by atoms with van der Waals surface area (Å²) in [6.07, 6.45) is 5.46. The summed E-state index contributed by atoms with van der Waals surface area (Å²) in [5.74, 6) is 0.00763. The van der Waals surface area contributed by atoms with Crippen molar-refractivity contribution in [2.75, 3.05) is 18.5 Å². The van der Waals surface area contributed by atoms with Crippen LogP contribution in [-0.4, -0.2) is 40.0 Å². The van der Waals surface area contributed by atoms with Gasteiger partial charge in [0, 0.05) is 25.9 Å². The van der Waals surface area contributed by atoms with E-state index < -0.39 is 0 Å². The number of halogens is 1. The Labute approximate surface area is 132 Å². The molecule has 3 heterocycles. The molecule has 2 aromatic heterocycles. The van der Waals surface area contributed by atoms with Gasteiger partial charge < -0.3 is 14.8 Å². The van der Waals surface area contributed by atoms with Gasteiger partial charge >= 0.3 is 0 Å². The highest BCUT2D eigenvalue weighted by Gasteiger charge is 2.20. The number of nitrogens with zero attached hydrogens (tertiary/aromatic N) is 3. The van der Waals surface area contributed by atoms with Crippen molar-refractivity contribution in [2.24, 2.45) is 7.05 Å². The van der Waals surface area contributed by atoms with Gasteiger partial charge in [-0.15, -0.1) is 0 Å². The van der Waals surface area contributed by atoms with E-state index in [0.29, 0.717) is 35.4 Å². The van der Waals surface area contributed by atoms with Gasteiger partial charge in [0.15, 0.2) is 0 Å². The Hall–Kier alpha value is -2.12. The number of pyridine rings is 1. The number of aromatic nitrogens is 3. The molecule has 3 rings (SSSR count). The molecule has 7 nitrogen and oxygen atoms in total. The zero-order valence-electron chi connectivity index (χ0n) is 12.0. The van der Waals surface area contributed by atoms with E-state index in [0.717, 1.165) is 6.42 Å². The molecule has 1 saturated heterocycles. The van der Waals surface area contributed by atoms with E-state index in [1.807, 2.05) is 0 Å². The Balaban J connectivity index is 1.69. The molecule has 1 amide bonds. The first kappa shape index (κ1) is 14.8. The van der Waals surface area contributed by atoms with E-state index >= 15 is 0 Å². The molecule has 1 fully saturated rings. The van der Waals surface area contributed by atoms with E-state index in [1.54, 1.807) is 24.1 Å². The summed E-state index contributed by atoms with van der Waals surface area (Å²) in [4.78, 5) is 16.2. The summed E-state index contributed by atoms with van der Waals surface area (Å²) in [7, 11) is 1.77. The van der Waals surface area contributed by atoms with Crippen LogP contribution in [0, 0.1) is 0 Å². The minimum atomic E-state index is -0.307. The Morgan fingerprint density at radius 1 is 1.55 bits per heavy atom. The van der Waals surface area contributed by atoms with Crippen LogP contribution in [0.25, 0.3) is 0 Å². The SMILES string of the molecule is Cn1cc(NC(=O)c2cnc(OC3CCOC3)c(Cl)c2)cn1. The lowest BCUT2D eigenvalue weighted by molar-refractivity contribution is 0.102. The highest BCUT2D eigenvalue weighted by molar-refractivity contribution is 6.32. The van der Waals surface area contributed by atoms with E-state index in [9.17, 15) is 4.79 Å². The lowest BCUT2D eigenvalue weighted by atomic mass is 10.2. The molecule has 1 unspecified atom stereocenters. The fourth-order valence-corrected chi connectivity index (χ4v) is 2.30. The van der Waals surface area contributed by atoms with Crippen LogP contribution in [0.4, 0.5) is 5.69 Å². The second-order valence-corrected chi connectivity index (χ2v) is 5.38. The first-order valence-corrected chi connectivity index (χ1v) is 7.19. The largest absolute Gasteiger partial charge is 0.471 e. The monoisotopic (exact) mass is 322 g/mol. The molecule has 0 saturated carbocycles. The van der Waals surface area contributed by atoms with Gasteiger partial charge in [0.2, 0.25) is 5.88 Å². The zero-order valence-corrected chi connectivity index (χ0v) is 12.7. The second kappa shape index (κ2) is 6.33. The molecular weight excluding hydrogens is 308 g/mol. The number of hydrogen-bond acceptors (Lipinski definition) is 5. The van der Waals surface area contributed by atoms with Crippen LogP contribution in [0.1, 0.15) is 16.8 Å². The van der Waals surface area contributed by atoms with Gasteiger partial charge in [-0.1, -0.05) is 11.6 Å². The Morgan fingerprint density at radius 2 is 2.41 bits per heavy atom. The van der Waals surface area contributed by atoms with Gasteiger partial charge in [-0.05, 0) is 6.07 Å². The van der Waals surface area contributed by atoms with Gasteiger partial charge in [0.1, 0.15) is 11.1 Å². The number of carbonyl (C=O) groups is 1.